The highest BCUT2D eigenvalue weighted by atomic mass is 35.5. The van der Waals surface area contributed by atoms with Crippen molar-refractivity contribution in [1.82, 2.24) is 0 Å². The van der Waals surface area contributed by atoms with E-state index in [9.17, 15) is 9.59 Å². The normalized spacial score (nSPS) is 10.8. The molecule has 1 N–H and O–H groups in total. The van der Waals surface area contributed by atoms with Gasteiger partial charge < -0.3 is 19.2 Å². The molecule has 1 amide bonds. The second kappa shape index (κ2) is 10.4. The molecule has 0 aliphatic rings. The van der Waals surface area contributed by atoms with Gasteiger partial charge in [-0.15, -0.1) is 0 Å². The number of ether oxygens (including phenoxy) is 2. The number of halogens is 1. The molecule has 0 saturated heterocycles. The summed E-state index contributed by atoms with van der Waals surface area (Å²) >= 11 is 6.25. The van der Waals surface area contributed by atoms with Gasteiger partial charge >= 0.3 is 5.63 Å². The van der Waals surface area contributed by atoms with Crippen LogP contribution in [0.2, 0.25) is 5.02 Å². The van der Waals surface area contributed by atoms with Gasteiger partial charge in [-0.25, -0.2) is 4.79 Å². The molecule has 0 unspecified atom stereocenters. The lowest BCUT2D eigenvalue weighted by atomic mass is 9.97. The molecule has 0 radical (unpaired) electrons. The zero-order chi connectivity index (χ0) is 24.1. The van der Waals surface area contributed by atoms with E-state index in [0.29, 0.717) is 51.8 Å². The van der Waals surface area contributed by atoms with Gasteiger partial charge in [0.15, 0.2) is 0 Å². The molecule has 0 atom stereocenters. The van der Waals surface area contributed by atoms with E-state index < -0.39 is 5.63 Å². The average molecular weight is 478 g/mol. The fraction of sp³-hybridized carbons (Fsp3) is 0.185. The molecule has 6 nitrogen and oxygen atoms in total. The molecule has 0 spiro atoms. The van der Waals surface area contributed by atoms with E-state index in [1.807, 2.05) is 44.2 Å². The van der Waals surface area contributed by atoms with Gasteiger partial charge in [-0.2, -0.15) is 0 Å². The minimum absolute atomic E-state index is 0.173. The van der Waals surface area contributed by atoms with Gasteiger partial charge in [-0.1, -0.05) is 48.0 Å². The van der Waals surface area contributed by atoms with Crippen LogP contribution in [0.25, 0.3) is 21.9 Å². The molecule has 0 saturated carbocycles. The molecule has 4 aromatic rings. The Kier molecular flexibility index (Phi) is 7.18. The number of carbonyl (C=O) groups excluding carboxylic acids is 1. The fourth-order valence-corrected chi connectivity index (χ4v) is 4.00. The van der Waals surface area contributed by atoms with Crippen molar-refractivity contribution >= 4 is 34.0 Å². The van der Waals surface area contributed by atoms with Crippen LogP contribution in [0.1, 0.15) is 19.6 Å². The van der Waals surface area contributed by atoms with Crippen LogP contribution in [-0.4, -0.2) is 19.1 Å². The summed E-state index contributed by atoms with van der Waals surface area (Å²) in [5.74, 6) is 0.860. The van der Waals surface area contributed by atoms with Gasteiger partial charge in [0, 0.05) is 16.0 Å². The smallest absolute Gasteiger partial charge is 0.343 e. The molecule has 4 rings (SSSR count). The van der Waals surface area contributed by atoms with Crippen LogP contribution in [-0.2, 0) is 11.2 Å². The SMILES string of the molecule is CCOc1cccc(OCC)c1NC(=O)Cc1oc(=O)c2ccc(Cl)cc2c1-c1ccccc1. The van der Waals surface area contributed by atoms with Crippen LogP contribution in [0.15, 0.2) is 75.9 Å². The van der Waals surface area contributed by atoms with E-state index in [4.69, 9.17) is 25.5 Å². The molecule has 34 heavy (non-hydrogen) atoms. The third kappa shape index (κ3) is 4.92. The molecule has 0 aliphatic heterocycles. The van der Waals surface area contributed by atoms with Crippen LogP contribution in [0, 0.1) is 0 Å². The number of nitrogens with one attached hydrogen (secondary N) is 1. The number of para-hydroxylation sites is 1. The summed E-state index contributed by atoms with van der Waals surface area (Å²) in [6.07, 6.45) is -0.173. The van der Waals surface area contributed by atoms with Crippen LogP contribution in [0.5, 0.6) is 11.5 Å². The van der Waals surface area contributed by atoms with E-state index in [1.54, 1.807) is 36.4 Å². The predicted octanol–water partition coefficient (Wildman–Crippen LogP) is 6.09. The third-order valence-electron chi connectivity index (χ3n) is 5.20. The molecule has 0 fully saturated rings. The van der Waals surface area contributed by atoms with Crippen molar-refractivity contribution in [3.8, 4) is 22.6 Å². The van der Waals surface area contributed by atoms with Gasteiger partial charge in [-0.05, 0) is 49.7 Å². The lowest BCUT2D eigenvalue weighted by Gasteiger charge is -2.16. The standard InChI is InChI=1S/C27H24ClNO5/c1-3-32-21-11-8-12-22(33-4-2)26(21)29-24(30)16-23-25(17-9-6-5-7-10-17)20-15-18(28)13-14-19(20)27(31)34-23/h5-15H,3-4,16H2,1-2H3,(H,29,30). The maximum absolute atomic E-state index is 13.2. The summed E-state index contributed by atoms with van der Waals surface area (Å²) in [6.45, 7) is 4.58. The minimum atomic E-state index is -0.529. The van der Waals surface area contributed by atoms with Crippen LogP contribution >= 0.6 is 11.6 Å². The van der Waals surface area contributed by atoms with Gasteiger partial charge in [0.1, 0.15) is 22.9 Å². The highest BCUT2D eigenvalue weighted by molar-refractivity contribution is 6.31. The topological polar surface area (TPSA) is 77.8 Å². The number of hydrogen-bond acceptors (Lipinski definition) is 5. The number of anilines is 1. The van der Waals surface area contributed by atoms with Crippen LogP contribution in [0.3, 0.4) is 0 Å². The summed E-state index contributed by atoms with van der Waals surface area (Å²) < 4.78 is 17.0. The number of benzene rings is 3. The molecular weight excluding hydrogens is 454 g/mol. The zero-order valence-electron chi connectivity index (χ0n) is 18.9. The summed E-state index contributed by atoms with van der Waals surface area (Å²) in [7, 11) is 0. The minimum Gasteiger partial charge on any atom is -0.492 e. The van der Waals surface area contributed by atoms with E-state index in [0.717, 1.165) is 5.56 Å². The Labute approximate surface area is 202 Å². The van der Waals surface area contributed by atoms with Gasteiger partial charge in [0.2, 0.25) is 5.91 Å². The Balaban J connectivity index is 1.78. The lowest BCUT2D eigenvalue weighted by Crippen LogP contribution is -2.18. The second-order valence-electron chi connectivity index (χ2n) is 7.46. The first-order valence-electron chi connectivity index (χ1n) is 11.0. The molecule has 1 aromatic heterocycles. The number of fused-ring (bicyclic) bond motifs is 1. The van der Waals surface area contributed by atoms with Crippen molar-refractivity contribution in [1.29, 1.82) is 0 Å². The van der Waals surface area contributed by atoms with Crippen molar-refractivity contribution in [3.63, 3.8) is 0 Å². The van der Waals surface area contributed by atoms with Gasteiger partial charge in [0.05, 0.1) is 25.0 Å². The molecule has 174 valence electrons. The molecule has 3 aromatic carbocycles. The average Bonchev–Trinajstić information content (AvgIpc) is 2.82. The first-order chi connectivity index (χ1) is 16.5. The lowest BCUT2D eigenvalue weighted by molar-refractivity contribution is -0.115. The van der Waals surface area contributed by atoms with Crippen molar-refractivity contribution in [2.45, 2.75) is 20.3 Å². The van der Waals surface area contributed by atoms with Crippen molar-refractivity contribution in [2.75, 3.05) is 18.5 Å². The maximum atomic E-state index is 13.2. The van der Waals surface area contributed by atoms with Crippen molar-refractivity contribution in [3.05, 3.63) is 87.9 Å². The number of amides is 1. The van der Waals surface area contributed by atoms with Crippen molar-refractivity contribution in [2.24, 2.45) is 0 Å². The summed E-state index contributed by atoms with van der Waals surface area (Å²) in [6, 6.07) is 19.8. The van der Waals surface area contributed by atoms with Gasteiger partial charge in [0.25, 0.3) is 0 Å². The van der Waals surface area contributed by atoms with Crippen LogP contribution < -0.4 is 20.4 Å². The predicted molar refractivity (Wildman–Crippen MR) is 134 cm³/mol. The monoisotopic (exact) mass is 477 g/mol. The number of carbonyl (C=O) groups is 1. The first-order valence-corrected chi connectivity index (χ1v) is 11.4. The molecule has 7 heteroatoms. The summed E-state index contributed by atoms with van der Waals surface area (Å²) in [4.78, 5) is 25.9. The quantitative estimate of drug-likeness (QED) is 0.332. The van der Waals surface area contributed by atoms with Gasteiger partial charge in [-0.3, -0.25) is 4.79 Å². The maximum Gasteiger partial charge on any atom is 0.343 e. The van der Waals surface area contributed by atoms with E-state index in [2.05, 4.69) is 5.32 Å². The summed E-state index contributed by atoms with van der Waals surface area (Å²) in [5, 5.41) is 4.39. The van der Waals surface area contributed by atoms with E-state index in [1.165, 1.54) is 0 Å². The summed E-state index contributed by atoms with van der Waals surface area (Å²) in [5.41, 5.74) is 1.37. The van der Waals surface area contributed by atoms with E-state index >= 15 is 0 Å². The van der Waals surface area contributed by atoms with E-state index in [-0.39, 0.29) is 18.1 Å². The Hall–Kier alpha value is -3.77. The highest BCUT2D eigenvalue weighted by Crippen LogP contribution is 2.36. The largest absolute Gasteiger partial charge is 0.492 e. The Morgan fingerprint density at radius 1 is 0.912 bits per heavy atom. The van der Waals surface area contributed by atoms with Crippen molar-refractivity contribution < 1.29 is 18.7 Å². The highest BCUT2D eigenvalue weighted by Gasteiger charge is 2.20. The Bertz CT molecular complexity index is 1360. The molecule has 0 bridgehead atoms. The molecular formula is C27H24ClNO5. The Morgan fingerprint density at radius 2 is 1.59 bits per heavy atom. The van der Waals surface area contributed by atoms with Crippen LogP contribution in [0.4, 0.5) is 5.69 Å². The number of rotatable bonds is 8. The number of hydrogen-bond donors (Lipinski definition) is 1. The molecule has 1 heterocycles. The molecule has 0 aliphatic carbocycles. The Morgan fingerprint density at radius 3 is 2.24 bits per heavy atom. The second-order valence-corrected chi connectivity index (χ2v) is 7.90. The zero-order valence-corrected chi connectivity index (χ0v) is 19.6. The fourth-order valence-electron chi connectivity index (χ4n) is 3.83. The first kappa shape index (κ1) is 23.4. The third-order valence-corrected chi connectivity index (χ3v) is 5.44.